The molecule has 4 rings (SSSR count). The highest BCUT2D eigenvalue weighted by Gasteiger charge is 2.37. The molecular weight excluding hydrogens is 416 g/mol. The van der Waals surface area contributed by atoms with Crippen LogP contribution >= 0.6 is 11.6 Å². The van der Waals surface area contributed by atoms with E-state index in [2.05, 4.69) is 15.7 Å². The molecule has 31 heavy (non-hydrogen) atoms. The topological polar surface area (TPSA) is 85.2 Å². The van der Waals surface area contributed by atoms with Gasteiger partial charge in [0.05, 0.1) is 18.7 Å². The van der Waals surface area contributed by atoms with Gasteiger partial charge in [-0.1, -0.05) is 47.5 Å². The quantitative estimate of drug-likeness (QED) is 0.593. The number of rotatable bonds is 6. The van der Waals surface area contributed by atoms with E-state index in [1.165, 1.54) is 0 Å². The normalized spacial score (nSPS) is 15.0. The molecule has 2 aromatic carbocycles. The molecule has 3 aromatic rings. The number of fused-ring (bicyclic) bond motifs is 1. The van der Waals surface area contributed by atoms with Crippen LogP contribution in [0.3, 0.4) is 0 Å². The monoisotopic (exact) mass is 438 g/mol. The first-order valence-electron chi connectivity index (χ1n) is 9.91. The second kappa shape index (κ2) is 8.53. The van der Waals surface area contributed by atoms with Crippen molar-refractivity contribution in [2.24, 2.45) is 0 Å². The van der Waals surface area contributed by atoms with Gasteiger partial charge in [-0.15, -0.1) is 0 Å². The minimum absolute atomic E-state index is 0.0494. The maximum absolute atomic E-state index is 12.7. The lowest BCUT2D eigenvalue weighted by Gasteiger charge is -2.12. The van der Waals surface area contributed by atoms with E-state index in [1.54, 1.807) is 23.9 Å². The molecule has 0 aliphatic carbocycles. The van der Waals surface area contributed by atoms with Gasteiger partial charge in [0.2, 0.25) is 5.91 Å². The van der Waals surface area contributed by atoms with Gasteiger partial charge in [-0.25, -0.2) is 4.68 Å². The van der Waals surface area contributed by atoms with Crippen LogP contribution in [-0.4, -0.2) is 28.7 Å². The lowest BCUT2D eigenvalue weighted by atomic mass is 10.0. The Labute approximate surface area is 185 Å². The molecule has 2 N–H and O–H groups in total. The number of nitrogens with one attached hydrogen (secondary N) is 2. The zero-order chi connectivity index (χ0) is 22.1. The van der Waals surface area contributed by atoms with Gasteiger partial charge in [-0.2, -0.15) is 5.10 Å². The molecule has 7 nitrogen and oxygen atoms in total. The highest BCUT2D eigenvalue weighted by Crippen LogP contribution is 2.39. The predicted molar refractivity (Wildman–Crippen MR) is 120 cm³/mol. The molecule has 0 radical (unpaired) electrons. The van der Waals surface area contributed by atoms with Crippen molar-refractivity contribution < 1.29 is 14.3 Å². The van der Waals surface area contributed by atoms with Crippen LogP contribution in [0.4, 0.5) is 11.5 Å². The molecule has 1 aliphatic rings. The van der Waals surface area contributed by atoms with Gasteiger partial charge in [0, 0.05) is 23.4 Å². The van der Waals surface area contributed by atoms with Crippen LogP contribution in [0.5, 0.6) is 0 Å². The number of halogens is 1. The molecule has 2 amide bonds. The Kier molecular flexibility index (Phi) is 5.80. The average Bonchev–Trinajstić information content (AvgIpc) is 3.21. The number of aromatic nitrogens is 2. The number of methoxy groups -OCH3 is 1. The van der Waals surface area contributed by atoms with Crippen LogP contribution in [0.2, 0.25) is 5.02 Å². The lowest BCUT2D eigenvalue weighted by molar-refractivity contribution is -0.123. The molecule has 0 spiro atoms. The van der Waals surface area contributed by atoms with Gasteiger partial charge in [0.15, 0.2) is 0 Å². The number of amides is 2. The van der Waals surface area contributed by atoms with Crippen LogP contribution < -0.4 is 10.6 Å². The molecule has 1 atom stereocenters. The Hall–Kier alpha value is -3.16. The van der Waals surface area contributed by atoms with E-state index >= 15 is 0 Å². The Morgan fingerprint density at radius 3 is 2.68 bits per heavy atom. The molecule has 0 fully saturated rings. The Morgan fingerprint density at radius 2 is 1.97 bits per heavy atom. The second-order valence-corrected chi connectivity index (χ2v) is 8.07. The molecular formula is C23H23ClN4O3. The Morgan fingerprint density at radius 1 is 1.23 bits per heavy atom. The highest BCUT2D eigenvalue weighted by molar-refractivity contribution is 6.31. The number of carbonyl (C=O) groups is 2. The third kappa shape index (κ3) is 4.19. The van der Waals surface area contributed by atoms with Crippen molar-refractivity contribution in [3.63, 3.8) is 0 Å². The summed E-state index contributed by atoms with van der Waals surface area (Å²) in [5.41, 5.74) is 5.09. The smallest absolute Gasteiger partial charge is 0.251 e. The van der Waals surface area contributed by atoms with Crippen molar-refractivity contribution in [1.82, 2.24) is 9.78 Å². The fraction of sp³-hybridized carbons (Fsp3) is 0.261. The third-order valence-corrected chi connectivity index (χ3v) is 5.53. The fourth-order valence-corrected chi connectivity index (χ4v) is 3.86. The first kappa shape index (κ1) is 21.1. The summed E-state index contributed by atoms with van der Waals surface area (Å²) in [5.74, 6) is 0.0227. The van der Waals surface area contributed by atoms with Crippen LogP contribution in [0.15, 0.2) is 42.5 Å². The van der Waals surface area contributed by atoms with Gasteiger partial charge < -0.3 is 15.4 Å². The maximum Gasteiger partial charge on any atom is 0.251 e. The summed E-state index contributed by atoms with van der Waals surface area (Å²) in [5, 5.41) is 10.9. The molecule has 160 valence electrons. The van der Waals surface area contributed by atoms with E-state index < -0.39 is 6.04 Å². The van der Waals surface area contributed by atoms with E-state index in [0.717, 1.165) is 22.3 Å². The summed E-state index contributed by atoms with van der Waals surface area (Å²) < 4.78 is 6.91. The largest absolute Gasteiger partial charge is 0.378 e. The number of ether oxygens (including phenoxy) is 1. The molecule has 8 heteroatoms. The maximum atomic E-state index is 12.7. The van der Waals surface area contributed by atoms with Gasteiger partial charge in [-0.3, -0.25) is 9.59 Å². The number of anilines is 2. The fourth-order valence-electron chi connectivity index (χ4n) is 3.68. The van der Waals surface area contributed by atoms with E-state index in [0.29, 0.717) is 28.8 Å². The van der Waals surface area contributed by atoms with Crippen molar-refractivity contribution in [2.45, 2.75) is 32.9 Å². The number of hydrogen-bond donors (Lipinski definition) is 2. The van der Waals surface area contributed by atoms with Gasteiger partial charge in [0.25, 0.3) is 5.91 Å². The lowest BCUT2D eigenvalue weighted by Crippen LogP contribution is -2.24. The van der Waals surface area contributed by atoms with E-state index in [4.69, 9.17) is 16.3 Å². The van der Waals surface area contributed by atoms with Crippen molar-refractivity contribution >= 4 is 34.9 Å². The van der Waals surface area contributed by atoms with Crippen LogP contribution in [0.1, 0.15) is 29.3 Å². The molecule has 0 saturated heterocycles. The Balaban J connectivity index is 1.63. The zero-order valence-electron chi connectivity index (χ0n) is 17.5. The minimum Gasteiger partial charge on any atom is -0.378 e. The first-order valence-corrected chi connectivity index (χ1v) is 10.3. The first-order chi connectivity index (χ1) is 14.9. The summed E-state index contributed by atoms with van der Waals surface area (Å²) in [6.45, 7) is 4.19. The number of nitrogens with zero attached hydrogens (tertiary/aromatic N) is 2. The van der Waals surface area contributed by atoms with Crippen LogP contribution in [0, 0.1) is 13.8 Å². The number of benzene rings is 2. The third-order valence-electron chi connectivity index (χ3n) is 5.30. The standard InChI is InChI=1S/C23H23ClN4O3/c1-13-4-7-15(8-5-13)21-18(12-31-3)27-28-19(23(30)26-22(21)28)11-20(29)25-17-10-16(24)9-6-14(17)2/h4-10,19H,11-12H2,1-3H3,(H,25,29)(H,26,30). The summed E-state index contributed by atoms with van der Waals surface area (Å²) in [6, 6.07) is 12.5. The number of hydrogen-bond acceptors (Lipinski definition) is 4. The van der Waals surface area contributed by atoms with Crippen molar-refractivity contribution in [2.75, 3.05) is 17.7 Å². The molecule has 1 aliphatic heterocycles. The van der Waals surface area contributed by atoms with E-state index in [9.17, 15) is 9.59 Å². The predicted octanol–water partition coefficient (Wildman–Crippen LogP) is 4.49. The number of carbonyl (C=O) groups excluding carboxylic acids is 2. The molecule has 2 heterocycles. The van der Waals surface area contributed by atoms with E-state index in [1.807, 2.05) is 44.2 Å². The summed E-state index contributed by atoms with van der Waals surface area (Å²) in [7, 11) is 1.60. The Bertz CT molecular complexity index is 1150. The molecule has 0 bridgehead atoms. The highest BCUT2D eigenvalue weighted by atomic mass is 35.5. The minimum atomic E-state index is -0.746. The van der Waals surface area contributed by atoms with Gasteiger partial charge in [0.1, 0.15) is 11.9 Å². The molecule has 1 aromatic heterocycles. The molecule has 0 saturated carbocycles. The average molecular weight is 439 g/mol. The summed E-state index contributed by atoms with van der Waals surface area (Å²) in [6.07, 6.45) is -0.0494. The van der Waals surface area contributed by atoms with Crippen LogP contribution in [0.25, 0.3) is 11.1 Å². The van der Waals surface area contributed by atoms with Crippen molar-refractivity contribution in [3.05, 3.63) is 64.3 Å². The van der Waals surface area contributed by atoms with Crippen molar-refractivity contribution in [3.8, 4) is 11.1 Å². The molecule has 1 unspecified atom stereocenters. The second-order valence-electron chi connectivity index (χ2n) is 7.63. The van der Waals surface area contributed by atoms with Gasteiger partial charge in [-0.05, 0) is 37.1 Å². The summed E-state index contributed by atoms with van der Waals surface area (Å²) in [4.78, 5) is 25.4. The van der Waals surface area contributed by atoms with Crippen molar-refractivity contribution in [1.29, 1.82) is 0 Å². The SMILES string of the molecule is COCc1nn2c(c1-c1ccc(C)cc1)NC(=O)C2CC(=O)Nc1cc(Cl)ccc1C. The number of aryl methyl sites for hydroxylation is 2. The summed E-state index contributed by atoms with van der Waals surface area (Å²) >= 11 is 6.04. The van der Waals surface area contributed by atoms with Crippen LogP contribution in [-0.2, 0) is 20.9 Å². The van der Waals surface area contributed by atoms with Gasteiger partial charge >= 0.3 is 0 Å². The zero-order valence-corrected chi connectivity index (χ0v) is 18.3. The van der Waals surface area contributed by atoms with E-state index in [-0.39, 0.29) is 18.2 Å².